The van der Waals surface area contributed by atoms with E-state index in [1.807, 2.05) is 18.2 Å². The van der Waals surface area contributed by atoms with Crippen LogP contribution in [-0.4, -0.2) is 37.2 Å². The summed E-state index contributed by atoms with van der Waals surface area (Å²) in [6, 6.07) is 8.25. The number of aliphatic hydroxyl groups excluding tert-OH is 1. The summed E-state index contributed by atoms with van der Waals surface area (Å²) in [5.41, 5.74) is 3.63. The number of benzene rings is 1. The van der Waals surface area contributed by atoms with Crippen LogP contribution in [0.25, 0.3) is 22.6 Å². The van der Waals surface area contributed by atoms with Crippen LogP contribution in [0.2, 0.25) is 0 Å². The molecule has 24 heavy (non-hydrogen) atoms. The molecule has 6 heteroatoms. The van der Waals surface area contributed by atoms with E-state index in [0.29, 0.717) is 17.9 Å². The van der Waals surface area contributed by atoms with E-state index in [4.69, 9.17) is 4.98 Å². The third-order valence-electron chi connectivity index (χ3n) is 4.68. The molecular weight excluding hydrogens is 302 g/mol. The van der Waals surface area contributed by atoms with Crippen LogP contribution in [0.15, 0.2) is 30.6 Å². The van der Waals surface area contributed by atoms with Gasteiger partial charge in [0.15, 0.2) is 17.0 Å². The predicted octanol–water partition coefficient (Wildman–Crippen LogP) is 2.71. The molecule has 2 heterocycles. The van der Waals surface area contributed by atoms with Crippen molar-refractivity contribution < 1.29 is 5.11 Å². The Kier molecular flexibility index (Phi) is 3.69. The number of fused-ring (bicyclic) bond motifs is 1. The summed E-state index contributed by atoms with van der Waals surface area (Å²) >= 11 is 0. The second-order valence-corrected chi connectivity index (χ2v) is 6.46. The Morgan fingerprint density at radius 3 is 2.83 bits per heavy atom. The van der Waals surface area contributed by atoms with E-state index < -0.39 is 0 Å². The number of hydrogen-bond acceptors (Lipinski definition) is 5. The van der Waals surface area contributed by atoms with E-state index in [-0.39, 0.29) is 18.1 Å². The maximum Gasteiger partial charge on any atom is 0.163 e. The first-order chi connectivity index (χ1) is 11.6. The summed E-state index contributed by atoms with van der Waals surface area (Å²) in [6.45, 7) is 6.04. The molecule has 0 spiro atoms. The van der Waals surface area contributed by atoms with Crippen LogP contribution in [-0.2, 0) is 0 Å². The average Bonchev–Trinajstić information content (AvgIpc) is 3.12. The average molecular weight is 322 g/mol. The van der Waals surface area contributed by atoms with E-state index in [1.54, 1.807) is 0 Å². The standard InChI is InChI=1S/C18H20N5O/c1-10-5-3-4-6-13(10)16-22-15-17(19-9-20-18(15)23-16)21-12-7-11(2)14(24)8-12/h3-6,9,11-12,14,24H,2,7-8H2,1H3,(H2,19,20,21,22,23)/t11-,12+,14-/m0/s1. The highest BCUT2D eigenvalue weighted by molar-refractivity contribution is 5.85. The van der Waals surface area contributed by atoms with E-state index in [2.05, 4.69) is 40.2 Å². The van der Waals surface area contributed by atoms with Crippen molar-refractivity contribution >= 4 is 17.0 Å². The molecular formula is C18H20N5O. The lowest BCUT2D eigenvalue weighted by molar-refractivity contribution is 0.151. The van der Waals surface area contributed by atoms with Crippen molar-refractivity contribution in [2.75, 3.05) is 5.32 Å². The molecule has 0 bridgehead atoms. The normalized spacial score (nSPS) is 23.7. The van der Waals surface area contributed by atoms with Crippen molar-refractivity contribution in [3.05, 3.63) is 43.1 Å². The van der Waals surface area contributed by atoms with Gasteiger partial charge in [0.05, 0.1) is 6.10 Å². The molecule has 1 saturated carbocycles. The third-order valence-corrected chi connectivity index (χ3v) is 4.68. The lowest BCUT2D eigenvalue weighted by Crippen LogP contribution is -2.17. The molecule has 4 rings (SSSR count). The number of aliphatic hydroxyl groups is 1. The second-order valence-electron chi connectivity index (χ2n) is 6.46. The van der Waals surface area contributed by atoms with Crippen molar-refractivity contribution in [3.63, 3.8) is 0 Å². The minimum Gasteiger partial charge on any atom is -0.393 e. The summed E-state index contributed by atoms with van der Waals surface area (Å²) < 4.78 is 0. The quantitative estimate of drug-likeness (QED) is 0.690. The highest BCUT2D eigenvalue weighted by Crippen LogP contribution is 2.30. The highest BCUT2D eigenvalue weighted by atomic mass is 16.3. The van der Waals surface area contributed by atoms with Gasteiger partial charge in [0, 0.05) is 11.6 Å². The number of H-pyrrole nitrogens is 1. The number of aromatic nitrogens is 4. The molecule has 1 aliphatic rings. The molecule has 3 N–H and O–H groups in total. The molecule has 1 aliphatic carbocycles. The Morgan fingerprint density at radius 2 is 2.08 bits per heavy atom. The molecule has 0 unspecified atom stereocenters. The first-order valence-corrected chi connectivity index (χ1v) is 8.16. The number of aromatic amines is 1. The van der Waals surface area contributed by atoms with Gasteiger partial charge in [-0.25, -0.2) is 15.0 Å². The van der Waals surface area contributed by atoms with Gasteiger partial charge in [0.2, 0.25) is 0 Å². The summed E-state index contributed by atoms with van der Waals surface area (Å²) in [6.07, 6.45) is 2.66. The fourth-order valence-corrected chi connectivity index (χ4v) is 3.31. The molecule has 123 valence electrons. The van der Waals surface area contributed by atoms with E-state index in [9.17, 15) is 5.11 Å². The fourth-order valence-electron chi connectivity index (χ4n) is 3.31. The highest BCUT2D eigenvalue weighted by Gasteiger charge is 2.30. The van der Waals surface area contributed by atoms with Crippen LogP contribution in [0.3, 0.4) is 0 Å². The van der Waals surface area contributed by atoms with Gasteiger partial charge >= 0.3 is 0 Å². The Balaban J connectivity index is 1.69. The monoisotopic (exact) mass is 322 g/mol. The molecule has 1 aromatic carbocycles. The molecule has 0 aliphatic heterocycles. The molecule has 2 aromatic heterocycles. The van der Waals surface area contributed by atoms with Crippen molar-refractivity contribution in [1.29, 1.82) is 0 Å². The van der Waals surface area contributed by atoms with Gasteiger partial charge in [-0.3, -0.25) is 0 Å². The topological polar surface area (TPSA) is 86.7 Å². The maximum atomic E-state index is 9.89. The minimum atomic E-state index is -0.360. The number of anilines is 1. The van der Waals surface area contributed by atoms with E-state index >= 15 is 0 Å². The van der Waals surface area contributed by atoms with Crippen molar-refractivity contribution in [2.45, 2.75) is 31.9 Å². The summed E-state index contributed by atoms with van der Waals surface area (Å²) in [5, 5.41) is 13.3. The van der Waals surface area contributed by atoms with Crippen LogP contribution >= 0.6 is 0 Å². The first-order valence-electron chi connectivity index (χ1n) is 8.16. The van der Waals surface area contributed by atoms with Crippen LogP contribution < -0.4 is 5.32 Å². The SMILES string of the molecule is [CH2][C@H]1C[C@@H](Nc2ncnc3[nH]c(-c4ccccc4C)nc23)C[C@@H]1O. The Bertz CT molecular complexity index is 865. The Morgan fingerprint density at radius 1 is 1.25 bits per heavy atom. The smallest absolute Gasteiger partial charge is 0.163 e. The molecule has 3 atom stereocenters. The number of imidazole rings is 1. The minimum absolute atomic E-state index is 0.0570. The van der Waals surface area contributed by atoms with Crippen LogP contribution in [0.5, 0.6) is 0 Å². The van der Waals surface area contributed by atoms with E-state index in [0.717, 1.165) is 28.9 Å². The maximum absolute atomic E-state index is 9.89. The van der Waals surface area contributed by atoms with Gasteiger partial charge in [-0.2, -0.15) is 0 Å². The van der Waals surface area contributed by atoms with Gasteiger partial charge < -0.3 is 15.4 Å². The van der Waals surface area contributed by atoms with Crippen LogP contribution in [0.4, 0.5) is 5.82 Å². The molecule has 0 saturated heterocycles. The lowest BCUT2D eigenvalue weighted by atomic mass is 10.1. The number of nitrogens with one attached hydrogen (secondary N) is 2. The second kappa shape index (κ2) is 5.87. The van der Waals surface area contributed by atoms with Gasteiger partial charge in [0.1, 0.15) is 12.2 Å². The number of rotatable bonds is 3. The van der Waals surface area contributed by atoms with Gasteiger partial charge in [-0.05, 0) is 38.2 Å². The zero-order valence-electron chi connectivity index (χ0n) is 13.5. The lowest BCUT2D eigenvalue weighted by Gasteiger charge is -2.12. The largest absolute Gasteiger partial charge is 0.393 e. The van der Waals surface area contributed by atoms with Crippen molar-refractivity contribution in [2.24, 2.45) is 5.92 Å². The first kappa shape index (κ1) is 15.1. The fraction of sp³-hybridized carbons (Fsp3) is 0.333. The zero-order chi connectivity index (χ0) is 16.7. The zero-order valence-corrected chi connectivity index (χ0v) is 13.5. The summed E-state index contributed by atoms with van der Waals surface area (Å²) in [4.78, 5) is 16.6. The molecule has 3 aromatic rings. The molecule has 6 nitrogen and oxygen atoms in total. The molecule has 1 fully saturated rings. The summed E-state index contributed by atoms with van der Waals surface area (Å²) in [5.74, 6) is 1.54. The third kappa shape index (κ3) is 2.63. The number of aryl methyl sites for hydroxylation is 1. The Hall–Kier alpha value is -2.47. The van der Waals surface area contributed by atoms with Crippen LogP contribution in [0, 0.1) is 19.8 Å². The summed E-state index contributed by atoms with van der Waals surface area (Å²) in [7, 11) is 0. The van der Waals surface area contributed by atoms with Gasteiger partial charge in [-0.15, -0.1) is 0 Å². The predicted molar refractivity (Wildman–Crippen MR) is 93.4 cm³/mol. The molecule has 0 amide bonds. The van der Waals surface area contributed by atoms with Crippen molar-refractivity contribution in [3.8, 4) is 11.4 Å². The number of nitrogens with zero attached hydrogens (tertiary/aromatic N) is 3. The van der Waals surface area contributed by atoms with Gasteiger partial charge in [-0.1, -0.05) is 24.3 Å². The Labute approximate surface area is 140 Å². The van der Waals surface area contributed by atoms with Crippen molar-refractivity contribution in [1.82, 2.24) is 19.9 Å². The van der Waals surface area contributed by atoms with Crippen LogP contribution in [0.1, 0.15) is 18.4 Å². The molecule has 1 radical (unpaired) electrons. The van der Waals surface area contributed by atoms with E-state index in [1.165, 1.54) is 6.33 Å². The van der Waals surface area contributed by atoms with Gasteiger partial charge in [0.25, 0.3) is 0 Å². The number of hydrogen-bond donors (Lipinski definition) is 3.